The topological polar surface area (TPSA) is 123 Å². The minimum atomic E-state index is -1.16. The van der Waals surface area contributed by atoms with Gasteiger partial charge < -0.3 is 26.0 Å². The fourth-order valence-electron chi connectivity index (χ4n) is 2.46. The Bertz CT molecular complexity index is 664. The largest absolute Gasteiger partial charge is 0.508 e. The van der Waals surface area contributed by atoms with Crippen molar-refractivity contribution >= 4 is 11.9 Å². The quantitative estimate of drug-likeness (QED) is 0.442. The van der Waals surface area contributed by atoms with E-state index in [1.54, 1.807) is 12.1 Å². The summed E-state index contributed by atoms with van der Waals surface area (Å²) >= 11 is 0. The minimum Gasteiger partial charge on any atom is -0.508 e. The maximum Gasteiger partial charge on any atom is 0.351 e. The maximum absolute atomic E-state index is 11.1. The van der Waals surface area contributed by atoms with Crippen LogP contribution in [-0.4, -0.2) is 46.4 Å². The molecule has 24 heavy (non-hydrogen) atoms. The number of carboxylic acid groups (broad SMARTS) is 2. The van der Waals surface area contributed by atoms with Gasteiger partial charge in [-0.3, -0.25) is 0 Å². The van der Waals surface area contributed by atoms with Gasteiger partial charge in [-0.25, -0.2) is 9.59 Å². The second-order valence-corrected chi connectivity index (χ2v) is 5.61. The van der Waals surface area contributed by atoms with Crippen LogP contribution in [0.5, 0.6) is 5.75 Å². The Morgan fingerprint density at radius 2 is 1.96 bits per heavy atom. The molecule has 1 atom stereocenters. The normalized spacial score (nSPS) is 18.8. The zero-order valence-electron chi connectivity index (χ0n) is 13.1. The Labute approximate surface area is 139 Å². The molecule has 128 valence electrons. The first kappa shape index (κ1) is 17.6. The molecule has 1 aromatic rings. The molecule has 0 aromatic heterocycles. The van der Waals surface area contributed by atoms with Crippen LogP contribution in [0, 0.1) is 0 Å². The van der Waals surface area contributed by atoms with E-state index in [-0.39, 0.29) is 17.9 Å². The molecule has 1 aliphatic heterocycles. The minimum absolute atomic E-state index is 0.0935. The second-order valence-electron chi connectivity index (χ2n) is 5.61. The zero-order chi connectivity index (χ0) is 17.5. The number of aromatic hydroxyl groups is 1. The summed E-state index contributed by atoms with van der Waals surface area (Å²) in [5.41, 5.74) is 1.74. The Morgan fingerprint density at radius 3 is 2.58 bits per heavy atom. The lowest BCUT2D eigenvalue weighted by molar-refractivity contribution is -0.645. The van der Waals surface area contributed by atoms with Gasteiger partial charge in [-0.2, -0.15) is 0 Å². The molecule has 0 fully saturated rings. The second kappa shape index (κ2) is 8.16. The molecule has 1 aliphatic rings. The number of carboxylic acids is 2. The summed E-state index contributed by atoms with van der Waals surface area (Å²) in [6, 6.07) is 6.12. The lowest BCUT2D eigenvalue weighted by Crippen LogP contribution is -2.84. The highest BCUT2D eigenvalue weighted by molar-refractivity contribution is 5.89. The van der Waals surface area contributed by atoms with Gasteiger partial charge in [0.25, 0.3) is 0 Å². The van der Waals surface area contributed by atoms with Gasteiger partial charge in [0.15, 0.2) is 0 Å². The number of phenolic OH excluding ortho intramolecular Hbond substituents is 1. The molecule has 0 amide bonds. The summed E-state index contributed by atoms with van der Waals surface area (Å²) in [6.07, 6.45) is 4.45. The van der Waals surface area contributed by atoms with Crippen molar-refractivity contribution in [3.63, 3.8) is 0 Å². The first-order valence-electron chi connectivity index (χ1n) is 7.68. The third kappa shape index (κ3) is 5.13. The van der Waals surface area contributed by atoms with Gasteiger partial charge in [0.2, 0.25) is 0 Å². The van der Waals surface area contributed by atoms with Gasteiger partial charge >= 0.3 is 11.9 Å². The number of carbonyl (C=O) groups is 2. The van der Waals surface area contributed by atoms with Crippen LogP contribution < -0.4 is 10.6 Å². The van der Waals surface area contributed by atoms with Crippen LogP contribution in [0.15, 0.2) is 47.7 Å². The highest BCUT2D eigenvalue weighted by Gasteiger charge is 2.26. The number of rotatable bonds is 7. The number of nitrogens with one attached hydrogen (secondary N) is 1. The van der Waals surface area contributed by atoms with Crippen LogP contribution in [0.2, 0.25) is 0 Å². The third-order valence-corrected chi connectivity index (χ3v) is 3.75. The average molecular weight is 333 g/mol. The molecule has 0 spiro atoms. The van der Waals surface area contributed by atoms with Crippen LogP contribution in [0.25, 0.3) is 0 Å². The maximum atomic E-state index is 11.1. The first-order valence-corrected chi connectivity index (χ1v) is 7.68. The van der Waals surface area contributed by atoms with E-state index in [1.807, 2.05) is 18.2 Å². The van der Waals surface area contributed by atoms with E-state index in [0.29, 0.717) is 12.1 Å². The Balaban J connectivity index is 1.85. The molecule has 0 radical (unpaired) electrons. The van der Waals surface area contributed by atoms with E-state index in [1.165, 1.54) is 6.08 Å². The summed E-state index contributed by atoms with van der Waals surface area (Å²) in [4.78, 5) is 22.1. The molecule has 0 bridgehead atoms. The van der Waals surface area contributed by atoms with Crippen molar-refractivity contribution < 1.29 is 30.2 Å². The standard InChI is InChI=1S/C17H20N2O5/c20-13-3-1-11(2-4-13)5-7-18-8-6-12-9-14(16(21)22)19-15(10-12)17(23)24/h1-4,6,9,15,18-20H,5,7-8,10H2,(H,21,22)(H,23,24)/p+1/b12-6-/t15-/m1/s1. The van der Waals surface area contributed by atoms with Gasteiger partial charge in [-0.15, -0.1) is 0 Å². The van der Waals surface area contributed by atoms with Crippen molar-refractivity contribution in [3.8, 4) is 5.75 Å². The van der Waals surface area contributed by atoms with Gasteiger partial charge in [0.1, 0.15) is 17.5 Å². The van der Waals surface area contributed by atoms with Crippen LogP contribution in [0.4, 0.5) is 0 Å². The van der Waals surface area contributed by atoms with E-state index < -0.39 is 18.0 Å². The molecule has 1 heterocycles. The molecule has 0 unspecified atom stereocenters. The number of aliphatic carboxylic acids is 2. The number of hydrogen-bond acceptors (Lipinski definition) is 4. The lowest BCUT2D eigenvalue weighted by atomic mass is 10.00. The number of allylic oxidation sites excluding steroid dienone is 1. The molecule has 7 heteroatoms. The molecule has 7 nitrogen and oxygen atoms in total. The Kier molecular flexibility index (Phi) is 5.97. The highest BCUT2D eigenvalue weighted by Crippen LogP contribution is 2.16. The molecule has 6 N–H and O–H groups in total. The zero-order valence-corrected chi connectivity index (χ0v) is 13.1. The molecule has 0 aliphatic carbocycles. The molecular weight excluding hydrogens is 312 g/mol. The average Bonchev–Trinajstić information content (AvgIpc) is 2.56. The predicted octanol–water partition coefficient (Wildman–Crippen LogP) is -0.160. The van der Waals surface area contributed by atoms with Crippen molar-refractivity contribution in [2.45, 2.75) is 18.9 Å². The summed E-state index contributed by atoms with van der Waals surface area (Å²) in [5.74, 6) is -1.99. The first-order chi connectivity index (χ1) is 11.5. The fraction of sp³-hybridized carbons (Fsp3) is 0.294. The number of hydrogen-bond donors (Lipinski definition) is 5. The fourth-order valence-corrected chi connectivity index (χ4v) is 2.46. The van der Waals surface area contributed by atoms with Gasteiger partial charge in [-0.1, -0.05) is 12.1 Å². The van der Waals surface area contributed by atoms with Crippen molar-refractivity contribution in [3.05, 3.63) is 53.3 Å². The lowest BCUT2D eigenvalue weighted by Gasteiger charge is -2.21. The Morgan fingerprint density at radius 1 is 1.25 bits per heavy atom. The van der Waals surface area contributed by atoms with E-state index >= 15 is 0 Å². The van der Waals surface area contributed by atoms with Crippen molar-refractivity contribution in [1.29, 1.82) is 0 Å². The number of phenols is 1. The molecule has 1 aromatic carbocycles. The third-order valence-electron chi connectivity index (χ3n) is 3.75. The SMILES string of the molecule is O=C(O)C1=C/C(=C/C[NH2+]CCc2ccc(O)cc2)C[C@H](C(=O)O)N1. The molecule has 0 saturated heterocycles. The van der Waals surface area contributed by atoms with Crippen molar-refractivity contribution in [2.75, 3.05) is 13.1 Å². The summed E-state index contributed by atoms with van der Waals surface area (Å²) in [7, 11) is 0. The number of nitrogens with two attached hydrogens (primary N) is 1. The summed E-state index contributed by atoms with van der Waals surface area (Å²) in [6.45, 7) is 1.48. The van der Waals surface area contributed by atoms with Crippen LogP contribution in [-0.2, 0) is 16.0 Å². The monoisotopic (exact) mass is 333 g/mol. The summed E-state index contributed by atoms with van der Waals surface area (Å²) < 4.78 is 0. The van der Waals surface area contributed by atoms with Crippen LogP contribution in [0.1, 0.15) is 12.0 Å². The van der Waals surface area contributed by atoms with E-state index in [9.17, 15) is 14.7 Å². The summed E-state index contributed by atoms with van der Waals surface area (Å²) in [5, 5.41) is 31.9. The molecule has 0 saturated carbocycles. The van der Waals surface area contributed by atoms with Crippen LogP contribution in [0.3, 0.4) is 0 Å². The van der Waals surface area contributed by atoms with Gasteiger partial charge in [0.05, 0.1) is 13.1 Å². The number of benzene rings is 1. The smallest absolute Gasteiger partial charge is 0.351 e. The van der Waals surface area contributed by atoms with Crippen LogP contribution >= 0.6 is 0 Å². The highest BCUT2D eigenvalue weighted by atomic mass is 16.4. The van der Waals surface area contributed by atoms with E-state index in [2.05, 4.69) is 10.6 Å². The molecule has 2 rings (SSSR count). The Hall–Kier alpha value is -2.80. The predicted molar refractivity (Wildman–Crippen MR) is 86.4 cm³/mol. The molecular formula is C17H21N2O5+. The van der Waals surface area contributed by atoms with E-state index in [0.717, 1.165) is 18.5 Å². The van der Waals surface area contributed by atoms with Crippen molar-refractivity contribution in [1.82, 2.24) is 5.32 Å². The van der Waals surface area contributed by atoms with Gasteiger partial charge in [0, 0.05) is 12.8 Å². The number of quaternary nitrogens is 1. The van der Waals surface area contributed by atoms with E-state index in [4.69, 9.17) is 10.2 Å². The van der Waals surface area contributed by atoms with Crippen molar-refractivity contribution in [2.24, 2.45) is 0 Å². The van der Waals surface area contributed by atoms with Gasteiger partial charge in [-0.05, 0) is 35.4 Å².